The molecule has 1 amide bonds. The Labute approximate surface area is 124 Å². The van der Waals surface area contributed by atoms with E-state index < -0.39 is 6.10 Å². The van der Waals surface area contributed by atoms with Crippen LogP contribution >= 0.6 is 0 Å². The SMILES string of the molecule is C=C1C[C@@H](OCOC)[C@H]2[C@@H](O1)C(=O)N2Cc1ccccc1. The Balaban J connectivity index is 1.73. The van der Waals surface area contributed by atoms with Gasteiger partial charge in [-0.15, -0.1) is 0 Å². The molecule has 3 atom stereocenters. The van der Waals surface area contributed by atoms with Crippen LogP contribution in [0.4, 0.5) is 0 Å². The minimum absolute atomic E-state index is 0.00396. The molecule has 0 radical (unpaired) electrons. The molecule has 0 aromatic heterocycles. The molecule has 2 heterocycles. The number of benzene rings is 1. The first-order chi connectivity index (χ1) is 10.2. The van der Waals surface area contributed by atoms with E-state index >= 15 is 0 Å². The number of methoxy groups -OCH3 is 1. The maximum Gasteiger partial charge on any atom is 0.266 e. The molecule has 0 unspecified atom stereocenters. The maximum atomic E-state index is 12.2. The van der Waals surface area contributed by atoms with Gasteiger partial charge in [-0.2, -0.15) is 0 Å². The summed E-state index contributed by atoms with van der Waals surface area (Å²) in [7, 11) is 1.58. The van der Waals surface area contributed by atoms with Gasteiger partial charge in [0.25, 0.3) is 5.91 Å². The van der Waals surface area contributed by atoms with E-state index in [0.29, 0.717) is 18.7 Å². The molecule has 2 aliphatic rings. The summed E-state index contributed by atoms with van der Waals surface area (Å²) in [6.07, 6.45) is -0.00209. The van der Waals surface area contributed by atoms with E-state index in [1.165, 1.54) is 0 Å². The van der Waals surface area contributed by atoms with Gasteiger partial charge in [-0.3, -0.25) is 4.79 Å². The zero-order valence-corrected chi connectivity index (χ0v) is 12.0. The Hall–Kier alpha value is -1.85. The molecule has 0 bridgehead atoms. The Bertz CT molecular complexity index is 530. The van der Waals surface area contributed by atoms with E-state index in [4.69, 9.17) is 14.2 Å². The number of rotatable bonds is 5. The van der Waals surface area contributed by atoms with Crippen molar-refractivity contribution in [3.63, 3.8) is 0 Å². The largest absolute Gasteiger partial charge is 0.483 e. The van der Waals surface area contributed by atoms with Crippen LogP contribution in [0, 0.1) is 0 Å². The van der Waals surface area contributed by atoms with Crippen molar-refractivity contribution in [3.8, 4) is 0 Å². The van der Waals surface area contributed by atoms with Gasteiger partial charge < -0.3 is 19.1 Å². The van der Waals surface area contributed by atoms with E-state index in [1.54, 1.807) is 7.11 Å². The van der Waals surface area contributed by atoms with E-state index in [-0.39, 0.29) is 24.8 Å². The van der Waals surface area contributed by atoms with Gasteiger partial charge in [0.1, 0.15) is 12.8 Å². The molecule has 1 aromatic carbocycles. The Morgan fingerprint density at radius 1 is 1.38 bits per heavy atom. The van der Waals surface area contributed by atoms with Crippen LogP contribution in [-0.2, 0) is 25.5 Å². The van der Waals surface area contributed by atoms with Crippen molar-refractivity contribution >= 4 is 5.91 Å². The highest BCUT2D eigenvalue weighted by Gasteiger charge is 2.56. The highest BCUT2D eigenvalue weighted by atomic mass is 16.7. The van der Waals surface area contributed by atoms with Gasteiger partial charge in [0.2, 0.25) is 0 Å². The quantitative estimate of drug-likeness (QED) is 0.611. The number of ether oxygens (including phenoxy) is 3. The van der Waals surface area contributed by atoms with Gasteiger partial charge >= 0.3 is 0 Å². The molecule has 21 heavy (non-hydrogen) atoms. The summed E-state index contributed by atoms with van der Waals surface area (Å²) in [5.74, 6) is 0.598. The number of likely N-dealkylation sites (tertiary alicyclic amines) is 1. The number of hydrogen-bond acceptors (Lipinski definition) is 4. The van der Waals surface area contributed by atoms with Crippen LogP contribution in [-0.4, -0.2) is 43.0 Å². The molecular formula is C16H19NO4. The molecule has 5 heteroatoms. The fourth-order valence-electron chi connectivity index (χ4n) is 2.90. The number of amides is 1. The van der Waals surface area contributed by atoms with Crippen LogP contribution in [0.3, 0.4) is 0 Å². The molecule has 3 rings (SSSR count). The van der Waals surface area contributed by atoms with E-state index in [9.17, 15) is 4.79 Å². The van der Waals surface area contributed by atoms with Crippen molar-refractivity contribution in [2.24, 2.45) is 0 Å². The van der Waals surface area contributed by atoms with Crippen molar-refractivity contribution in [2.45, 2.75) is 31.2 Å². The molecule has 0 aliphatic carbocycles. The first-order valence-corrected chi connectivity index (χ1v) is 7.00. The lowest BCUT2D eigenvalue weighted by Crippen LogP contribution is -2.71. The van der Waals surface area contributed by atoms with Gasteiger partial charge in [0.15, 0.2) is 6.10 Å². The zero-order valence-electron chi connectivity index (χ0n) is 12.0. The first kappa shape index (κ1) is 14.1. The van der Waals surface area contributed by atoms with Crippen molar-refractivity contribution in [1.29, 1.82) is 0 Å². The molecule has 112 valence electrons. The van der Waals surface area contributed by atoms with Crippen LogP contribution in [0.1, 0.15) is 12.0 Å². The molecule has 0 spiro atoms. The van der Waals surface area contributed by atoms with Gasteiger partial charge in [0, 0.05) is 20.1 Å². The molecule has 2 saturated heterocycles. The lowest BCUT2D eigenvalue weighted by molar-refractivity contribution is -0.205. The Kier molecular flexibility index (Phi) is 3.94. The molecular weight excluding hydrogens is 270 g/mol. The Morgan fingerprint density at radius 2 is 2.14 bits per heavy atom. The summed E-state index contributed by atoms with van der Waals surface area (Å²) in [5, 5.41) is 0. The summed E-state index contributed by atoms with van der Waals surface area (Å²) in [6.45, 7) is 4.60. The van der Waals surface area contributed by atoms with Gasteiger partial charge in [0.05, 0.1) is 11.9 Å². The fraction of sp³-hybridized carbons (Fsp3) is 0.438. The number of nitrogens with zero attached hydrogens (tertiary/aromatic N) is 1. The smallest absolute Gasteiger partial charge is 0.266 e. The predicted molar refractivity (Wildman–Crippen MR) is 76.2 cm³/mol. The fourth-order valence-corrected chi connectivity index (χ4v) is 2.90. The lowest BCUT2D eigenvalue weighted by atomic mass is 9.87. The molecule has 0 saturated carbocycles. The second-order valence-electron chi connectivity index (χ2n) is 5.34. The second-order valence-corrected chi connectivity index (χ2v) is 5.34. The predicted octanol–water partition coefficient (Wildman–Crippen LogP) is 1.69. The average molecular weight is 289 g/mol. The number of hydrogen-bond donors (Lipinski definition) is 0. The van der Waals surface area contributed by atoms with E-state index in [1.807, 2.05) is 35.2 Å². The average Bonchev–Trinajstić information content (AvgIpc) is 2.51. The van der Waals surface area contributed by atoms with Gasteiger partial charge in [-0.05, 0) is 5.56 Å². The highest BCUT2D eigenvalue weighted by Crippen LogP contribution is 2.37. The molecule has 5 nitrogen and oxygen atoms in total. The van der Waals surface area contributed by atoms with E-state index in [2.05, 4.69) is 6.58 Å². The van der Waals surface area contributed by atoms with Crippen LogP contribution in [0.2, 0.25) is 0 Å². The van der Waals surface area contributed by atoms with Crippen molar-refractivity contribution < 1.29 is 19.0 Å². The molecule has 0 N–H and O–H groups in total. The first-order valence-electron chi connectivity index (χ1n) is 7.00. The minimum Gasteiger partial charge on any atom is -0.483 e. The highest BCUT2D eigenvalue weighted by molar-refractivity contribution is 5.89. The topological polar surface area (TPSA) is 48.0 Å². The summed E-state index contributed by atoms with van der Waals surface area (Å²) in [5.41, 5.74) is 1.10. The Morgan fingerprint density at radius 3 is 2.86 bits per heavy atom. The molecule has 2 fully saturated rings. The van der Waals surface area contributed by atoms with Crippen molar-refractivity contribution in [3.05, 3.63) is 48.2 Å². The lowest BCUT2D eigenvalue weighted by Gasteiger charge is -2.52. The zero-order chi connectivity index (χ0) is 14.8. The number of carbonyl (C=O) groups is 1. The summed E-state index contributed by atoms with van der Waals surface area (Å²) < 4.78 is 16.2. The minimum atomic E-state index is -0.461. The third kappa shape index (κ3) is 2.66. The normalized spacial score (nSPS) is 27.9. The monoisotopic (exact) mass is 289 g/mol. The summed E-state index contributed by atoms with van der Waals surface area (Å²) >= 11 is 0. The van der Waals surface area contributed by atoms with Crippen molar-refractivity contribution in [2.75, 3.05) is 13.9 Å². The third-order valence-corrected chi connectivity index (χ3v) is 3.90. The summed E-state index contributed by atoms with van der Waals surface area (Å²) in [4.78, 5) is 14.1. The van der Waals surface area contributed by atoms with Crippen LogP contribution in [0.15, 0.2) is 42.7 Å². The van der Waals surface area contributed by atoms with Crippen LogP contribution < -0.4 is 0 Å². The van der Waals surface area contributed by atoms with Gasteiger partial charge in [-0.1, -0.05) is 36.9 Å². The van der Waals surface area contributed by atoms with Crippen LogP contribution in [0.5, 0.6) is 0 Å². The van der Waals surface area contributed by atoms with Gasteiger partial charge in [-0.25, -0.2) is 0 Å². The second kappa shape index (κ2) is 5.87. The number of carbonyl (C=O) groups excluding carboxylic acids is 1. The molecule has 1 aromatic rings. The maximum absolute atomic E-state index is 12.2. The number of fused-ring (bicyclic) bond motifs is 1. The molecule has 2 aliphatic heterocycles. The standard InChI is InChI=1S/C16H19NO4/c1-11-8-13(20-10-19-2)14-15(21-11)16(18)17(14)9-12-6-4-3-5-7-12/h3-7,13-15H,1,8-10H2,2H3/t13-,14+,15-/m1/s1. The third-order valence-electron chi connectivity index (χ3n) is 3.90. The number of β-lactam (4-membered cyclic amide) rings is 1. The van der Waals surface area contributed by atoms with Crippen molar-refractivity contribution in [1.82, 2.24) is 4.90 Å². The van der Waals surface area contributed by atoms with Crippen LogP contribution in [0.25, 0.3) is 0 Å². The van der Waals surface area contributed by atoms with E-state index in [0.717, 1.165) is 5.56 Å². The summed E-state index contributed by atoms with van der Waals surface area (Å²) in [6, 6.07) is 9.84.